The molecule has 9 heteroatoms. The zero-order chi connectivity index (χ0) is 19.7. The fraction of sp³-hybridized carbons (Fsp3) is 0.278. The summed E-state index contributed by atoms with van der Waals surface area (Å²) in [7, 11) is 0. The summed E-state index contributed by atoms with van der Waals surface area (Å²) in [6, 6.07) is 3.32. The van der Waals surface area contributed by atoms with Gasteiger partial charge in [0, 0.05) is 11.0 Å². The van der Waals surface area contributed by atoms with Gasteiger partial charge in [0.2, 0.25) is 0 Å². The average Bonchev–Trinajstić information content (AvgIpc) is 2.95. The van der Waals surface area contributed by atoms with Gasteiger partial charge in [-0.1, -0.05) is 0 Å². The number of benzene rings is 1. The smallest absolute Gasteiger partial charge is 0.348 e. The Kier molecular flexibility index (Phi) is 5.61. The standard InChI is InChI=1S/C18H16F2N2O3S2/c1-4-25-18(24)14-8(2)13-16(23)21-15(22-17(13)27-14)9(3)26-12-6-5-10(19)7-11(12)20/h5-7,9H,4H2,1-3H3,(H,21,22,23)/t9-/m0/s1. The third kappa shape index (κ3) is 3.89. The molecule has 0 bridgehead atoms. The van der Waals surface area contributed by atoms with Crippen LogP contribution in [0.1, 0.15) is 40.2 Å². The highest BCUT2D eigenvalue weighted by Crippen LogP contribution is 2.36. The van der Waals surface area contributed by atoms with Crippen molar-refractivity contribution in [1.82, 2.24) is 9.97 Å². The molecule has 3 rings (SSSR count). The molecule has 1 aromatic carbocycles. The van der Waals surface area contributed by atoms with Gasteiger partial charge in [0.05, 0.1) is 17.2 Å². The van der Waals surface area contributed by atoms with Crippen LogP contribution in [-0.4, -0.2) is 22.5 Å². The van der Waals surface area contributed by atoms with E-state index in [0.29, 0.717) is 26.5 Å². The number of nitrogens with one attached hydrogen (secondary N) is 1. The molecule has 0 unspecified atom stereocenters. The Balaban J connectivity index is 1.98. The first-order chi connectivity index (χ1) is 12.8. The van der Waals surface area contributed by atoms with Crippen LogP contribution in [0.3, 0.4) is 0 Å². The number of thioether (sulfide) groups is 1. The number of carbonyl (C=O) groups is 1. The minimum Gasteiger partial charge on any atom is -0.462 e. The number of hydrogen-bond donors (Lipinski definition) is 1. The van der Waals surface area contributed by atoms with Crippen LogP contribution in [0.15, 0.2) is 27.9 Å². The van der Waals surface area contributed by atoms with Crippen molar-refractivity contribution >= 4 is 39.3 Å². The molecule has 0 saturated carbocycles. The molecule has 0 fully saturated rings. The molecule has 2 aromatic heterocycles. The SMILES string of the molecule is CCOC(=O)c1sc2nc([C@H](C)Sc3ccc(F)cc3F)[nH]c(=O)c2c1C. The van der Waals surface area contributed by atoms with E-state index in [1.807, 2.05) is 0 Å². The maximum Gasteiger partial charge on any atom is 0.348 e. The van der Waals surface area contributed by atoms with Crippen LogP contribution in [0.2, 0.25) is 0 Å². The van der Waals surface area contributed by atoms with Crippen molar-refractivity contribution in [1.29, 1.82) is 0 Å². The van der Waals surface area contributed by atoms with Gasteiger partial charge in [-0.2, -0.15) is 0 Å². The van der Waals surface area contributed by atoms with E-state index in [9.17, 15) is 18.4 Å². The first kappa shape index (κ1) is 19.5. The zero-order valence-corrected chi connectivity index (χ0v) is 16.4. The summed E-state index contributed by atoms with van der Waals surface area (Å²) in [5, 5.41) is -0.0486. The highest BCUT2D eigenvalue weighted by molar-refractivity contribution is 7.99. The number of nitrogens with zero attached hydrogens (tertiary/aromatic N) is 1. The van der Waals surface area contributed by atoms with Gasteiger partial charge in [-0.3, -0.25) is 4.79 Å². The molecule has 142 valence electrons. The van der Waals surface area contributed by atoms with Crippen LogP contribution >= 0.6 is 23.1 Å². The summed E-state index contributed by atoms with van der Waals surface area (Å²) in [6.45, 7) is 5.37. The van der Waals surface area contributed by atoms with E-state index in [1.165, 1.54) is 12.1 Å². The highest BCUT2D eigenvalue weighted by Gasteiger charge is 2.22. The Labute approximate surface area is 161 Å². The van der Waals surface area contributed by atoms with Crippen LogP contribution in [0, 0.1) is 18.6 Å². The lowest BCUT2D eigenvalue weighted by Crippen LogP contribution is -2.13. The lowest BCUT2D eigenvalue weighted by molar-refractivity contribution is 0.0531. The van der Waals surface area contributed by atoms with Crippen LogP contribution in [0.4, 0.5) is 8.78 Å². The topological polar surface area (TPSA) is 72.0 Å². The van der Waals surface area contributed by atoms with Gasteiger partial charge in [0.15, 0.2) is 0 Å². The number of carbonyl (C=O) groups excluding carboxylic acids is 1. The van der Waals surface area contributed by atoms with Crippen LogP contribution < -0.4 is 5.56 Å². The summed E-state index contributed by atoms with van der Waals surface area (Å²) < 4.78 is 31.9. The molecule has 5 nitrogen and oxygen atoms in total. The minimum absolute atomic E-state index is 0.235. The van der Waals surface area contributed by atoms with E-state index >= 15 is 0 Å². The van der Waals surface area contributed by atoms with Gasteiger partial charge in [0.25, 0.3) is 5.56 Å². The van der Waals surface area contributed by atoms with E-state index in [0.717, 1.165) is 29.2 Å². The number of H-pyrrole nitrogens is 1. The fourth-order valence-electron chi connectivity index (χ4n) is 2.56. The lowest BCUT2D eigenvalue weighted by Gasteiger charge is -2.11. The molecular formula is C18H16F2N2O3S2. The molecule has 0 aliphatic carbocycles. The summed E-state index contributed by atoms with van der Waals surface area (Å²) >= 11 is 2.20. The third-order valence-corrected chi connectivity index (χ3v) is 6.19. The van der Waals surface area contributed by atoms with Crippen molar-refractivity contribution in [3.63, 3.8) is 0 Å². The van der Waals surface area contributed by atoms with Crippen LogP contribution in [0.25, 0.3) is 10.2 Å². The zero-order valence-electron chi connectivity index (χ0n) is 14.8. The maximum atomic E-state index is 13.9. The van der Waals surface area contributed by atoms with Gasteiger partial charge < -0.3 is 9.72 Å². The van der Waals surface area contributed by atoms with E-state index in [4.69, 9.17) is 4.74 Å². The summed E-state index contributed by atoms with van der Waals surface area (Å²) in [5.74, 6) is -1.47. The van der Waals surface area contributed by atoms with Crippen molar-refractivity contribution in [2.75, 3.05) is 6.61 Å². The Morgan fingerprint density at radius 3 is 2.81 bits per heavy atom. The highest BCUT2D eigenvalue weighted by atomic mass is 32.2. The summed E-state index contributed by atoms with van der Waals surface area (Å²) in [5.41, 5.74) is 0.157. The molecule has 1 N–H and O–H groups in total. The fourth-order valence-corrected chi connectivity index (χ4v) is 4.57. The minimum atomic E-state index is -0.674. The molecule has 0 aliphatic heterocycles. The van der Waals surface area contributed by atoms with E-state index in [2.05, 4.69) is 9.97 Å². The third-order valence-electron chi connectivity index (χ3n) is 3.86. The summed E-state index contributed by atoms with van der Waals surface area (Å²) in [6.07, 6.45) is 0. The number of fused-ring (bicyclic) bond motifs is 1. The molecule has 2 heterocycles. The van der Waals surface area contributed by atoms with Crippen molar-refractivity contribution in [3.8, 4) is 0 Å². The van der Waals surface area contributed by atoms with Crippen LogP contribution in [0.5, 0.6) is 0 Å². The second kappa shape index (κ2) is 7.77. The van der Waals surface area contributed by atoms with Gasteiger partial charge in [-0.05, 0) is 38.5 Å². The first-order valence-electron chi connectivity index (χ1n) is 8.14. The van der Waals surface area contributed by atoms with Crippen LogP contribution in [-0.2, 0) is 4.74 Å². The normalized spacial score (nSPS) is 12.3. The molecule has 0 spiro atoms. The Bertz CT molecular complexity index is 1080. The number of aryl methyl sites for hydroxylation is 1. The number of hydrogen-bond acceptors (Lipinski definition) is 6. The number of aromatic nitrogens is 2. The predicted molar refractivity (Wildman–Crippen MR) is 102 cm³/mol. The second-order valence-corrected chi connectivity index (χ2v) is 8.12. The van der Waals surface area contributed by atoms with Gasteiger partial charge in [0.1, 0.15) is 27.2 Å². The van der Waals surface area contributed by atoms with Crippen molar-refractivity contribution in [3.05, 3.63) is 56.5 Å². The molecule has 3 aromatic rings. The van der Waals surface area contributed by atoms with Gasteiger partial charge >= 0.3 is 5.97 Å². The largest absolute Gasteiger partial charge is 0.462 e. The molecule has 0 amide bonds. The first-order valence-corrected chi connectivity index (χ1v) is 9.83. The van der Waals surface area contributed by atoms with Crippen molar-refractivity contribution < 1.29 is 18.3 Å². The van der Waals surface area contributed by atoms with E-state index in [1.54, 1.807) is 20.8 Å². The molecule has 0 aliphatic rings. The second-order valence-electron chi connectivity index (χ2n) is 5.74. The maximum absolute atomic E-state index is 13.9. The molecular weight excluding hydrogens is 394 g/mol. The number of esters is 1. The molecule has 0 saturated heterocycles. The molecule has 1 atom stereocenters. The summed E-state index contributed by atoms with van der Waals surface area (Å²) in [4.78, 5) is 32.7. The number of halogens is 2. The number of aromatic amines is 1. The molecule has 0 radical (unpaired) electrons. The number of ether oxygens (including phenoxy) is 1. The molecule has 27 heavy (non-hydrogen) atoms. The number of rotatable bonds is 5. The van der Waals surface area contributed by atoms with Gasteiger partial charge in [-0.15, -0.1) is 23.1 Å². The van der Waals surface area contributed by atoms with Crippen molar-refractivity contribution in [2.45, 2.75) is 30.9 Å². The van der Waals surface area contributed by atoms with E-state index < -0.39 is 22.9 Å². The van der Waals surface area contributed by atoms with Gasteiger partial charge in [-0.25, -0.2) is 18.6 Å². The predicted octanol–water partition coefficient (Wildman–Crippen LogP) is 4.60. The van der Waals surface area contributed by atoms with E-state index in [-0.39, 0.29) is 17.1 Å². The Hall–Kier alpha value is -2.26. The average molecular weight is 410 g/mol. The number of thiophene rings is 1. The monoisotopic (exact) mass is 410 g/mol. The Morgan fingerprint density at radius 2 is 2.15 bits per heavy atom. The Morgan fingerprint density at radius 1 is 1.41 bits per heavy atom. The quantitative estimate of drug-likeness (QED) is 0.492. The lowest BCUT2D eigenvalue weighted by atomic mass is 10.2. The van der Waals surface area contributed by atoms with Crippen molar-refractivity contribution in [2.24, 2.45) is 0 Å².